The van der Waals surface area contributed by atoms with Crippen LogP contribution in [0, 0.1) is 0 Å². The Kier molecular flexibility index (Phi) is 4.91. The van der Waals surface area contributed by atoms with Gasteiger partial charge in [0.05, 0.1) is 19.1 Å². The van der Waals surface area contributed by atoms with Crippen molar-refractivity contribution in [2.45, 2.75) is 18.4 Å². The lowest BCUT2D eigenvalue weighted by Crippen LogP contribution is -2.41. The number of benzene rings is 2. The summed E-state index contributed by atoms with van der Waals surface area (Å²) in [7, 11) is 0. The van der Waals surface area contributed by atoms with Crippen LogP contribution in [0.2, 0.25) is 0 Å². The molecule has 0 spiro atoms. The highest BCUT2D eigenvalue weighted by Gasteiger charge is 2.34. The van der Waals surface area contributed by atoms with Gasteiger partial charge in [0.15, 0.2) is 0 Å². The summed E-state index contributed by atoms with van der Waals surface area (Å²) in [4.78, 5) is 23.5. The van der Waals surface area contributed by atoms with Gasteiger partial charge in [-0.15, -0.1) is 0 Å². The molecule has 124 valence electrons. The highest BCUT2D eigenvalue weighted by Crippen LogP contribution is 2.42. The van der Waals surface area contributed by atoms with Crippen LogP contribution in [0.4, 0.5) is 0 Å². The molecule has 3 rings (SSSR count). The zero-order valence-corrected chi connectivity index (χ0v) is 13.4. The van der Waals surface area contributed by atoms with Crippen LogP contribution in [-0.2, 0) is 16.0 Å². The van der Waals surface area contributed by atoms with Crippen molar-refractivity contribution in [2.24, 2.45) is 5.73 Å². The maximum atomic E-state index is 12.2. The summed E-state index contributed by atoms with van der Waals surface area (Å²) in [5, 5.41) is 5.58. The van der Waals surface area contributed by atoms with Crippen LogP contribution in [0.15, 0.2) is 54.6 Å². The zero-order chi connectivity index (χ0) is 16.9. The predicted octanol–water partition coefficient (Wildman–Crippen LogP) is 1.26. The first-order chi connectivity index (χ1) is 11.7. The number of rotatable bonds is 5. The number of carbonyl (C=O) groups excluding carboxylic acids is 2. The molecule has 2 unspecified atom stereocenters. The fourth-order valence-corrected chi connectivity index (χ4v) is 3.26. The second kappa shape index (κ2) is 7.27. The third-order valence-corrected chi connectivity index (χ3v) is 4.41. The van der Waals surface area contributed by atoms with Gasteiger partial charge in [-0.1, -0.05) is 54.6 Å². The fourth-order valence-electron chi connectivity index (χ4n) is 3.26. The largest absolute Gasteiger partial charge is 0.347 e. The highest BCUT2D eigenvalue weighted by molar-refractivity contribution is 5.85. The van der Waals surface area contributed by atoms with E-state index in [2.05, 4.69) is 34.9 Å². The molecule has 24 heavy (non-hydrogen) atoms. The third-order valence-electron chi connectivity index (χ3n) is 4.41. The lowest BCUT2D eigenvalue weighted by Gasteiger charge is -2.22. The van der Waals surface area contributed by atoms with Crippen LogP contribution in [-0.4, -0.2) is 24.9 Å². The maximum absolute atomic E-state index is 12.2. The molecule has 0 saturated heterocycles. The average molecular weight is 323 g/mol. The molecule has 0 aromatic heterocycles. The van der Waals surface area contributed by atoms with Gasteiger partial charge in [-0.05, 0) is 23.1 Å². The van der Waals surface area contributed by atoms with E-state index < -0.39 is 0 Å². The average Bonchev–Trinajstić information content (AvgIpc) is 2.99. The molecule has 5 heteroatoms. The standard InChI is InChI=1S/C19H21N3O2/c20-11-17(23)21-12-18(24)22-19-15-9-5-4-8-14(15)10-16(19)13-6-2-1-3-7-13/h1-9,16,19H,10-12,20H2,(H,21,23)(H,22,24). The van der Waals surface area contributed by atoms with Gasteiger partial charge in [0.25, 0.3) is 0 Å². The van der Waals surface area contributed by atoms with Crippen molar-refractivity contribution in [3.8, 4) is 0 Å². The molecule has 0 fully saturated rings. The summed E-state index contributed by atoms with van der Waals surface area (Å²) in [6, 6.07) is 18.3. The normalized spacial score (nSPS) is 18.7. The van der Waals surface area contributed by atoms with E-state index in [1.54, 1.807) is 0 Å². The maximum Gasteiger partial charge on any atom is 0.239 e. The molecule has 2 atom stereocenters. The van der Waals surface area contributed by atoms with Crippen LogP contribution < -0.4 is 16.4 Å². The lowest BCUT2D eigenvalue weighted by atomic mass is 9.92. The minimum atomic E-state index is -0.336. The molecule has 0 aliphatic heterocycles. The predicted molar refractivity (Wildman–Crippen MR) is 92.3 cm³/mol. The van der Waals surface area contributed by atoms with Crippen molar-refractivity contribution in [3.05, 3.63) is 71.3 Å². The van der Waals surface area contributed by atoms with Crippen molar-refractivity contribution in [1.29, 1.82) is 0 Å². The van der Waals surface area contributed by atoms with Crippen molar-refractivity contribution in [1.82, 2.24) is 10.6 Å². The smallest absolute Gasteiger partial charge is 0.239 e. The molecule has 1 aliphatic carbocycles. The number of hydrogen-bond acceptors (Lipinski definition) is 3. The van der Waals surface area contributed by atoms with Crippen LogP contribution >= 0.6 is 0 Å². The Morgan fingerprint density at radius 1 is 1.00 bits per heavy atom. The monoisotopic (exact) mass is 323 g/mol. The number of nitrogens with one attached hydrogen (secondary N) is 2. The molecule has 0 radical (unpaired) electrons. The number of amides is 2. The Balaban J connectivity index is 1.78. The van der Waals surface area contributed by atoms with Crippen LogP contribution in [0.25, 0.3) is 0 Å². The highest BCUT2D eigenvalue weighted by atomic mass is 16.2. The van der Waals surface area contributed by atoms with Gasteiger partial charge in [-0.2, -0.15) is 0 Å². The van der Waals surface area contributed by atoms with Crippen LogP contribution in [0.1, 0.15) is 28.7 Å². The molecule has 1 aliphatic rings. The summed E-state index contributed by atoms with van der Waals surface area (Å²) in [5.41, 5.74) is 8.83. The Hall–Kier alpha value is -2.66. The molecule has 0 bridgehead atoms. The van der Waals surface area contributed by atoms with Crippen molar-refractivity contribution >= 4 is 11.8 Å². The lowest BCUT2D eigenvalue weighted by molar-refractivity contribution is -0.125. The number of carbonyl (C=O) groups is 2. The van der Waals surface area contributed by atoms with Gasteiger partial charge in [0.1, 0.15) is 0 Å². The summed E-state index contributed by atoms with van der Waals surface area (Å²) in [6.07, 6.45) is 0.889. The summed E-state index contributed by atoms with van der Waals surface area (Å²) < 4.78 is 0. The van der Waals surface area contributed by atoms with Crippen molar-refractivity contribution in [2.75, 3.05) is 13.1 Å². The molecular formula is C19H21N3O2. The molecular weight excluding hydrogens is 302 g/mol. The van der Waals surface area contributed by atoms with Gasteiger partial charge in [-0.3, -0.25) is 9.59 Å². The van der Waals surface area contributed by atoms with Crippen molar-refractivity contribution in [3.63, 3.8) is 0 Å². The Labute approximate surface area is 141 Å². The quantitative estimate of drug-likeness (QED) is 0.774. The molecule has 2 aromatic carbocycles. The minimum absolute atomic E-state index is 0.0593. The first-order valence-corrected chi connectivity index (χ1v) is 8.08. The molecule has 4 N–H and O–H groups in total. The number of nitrogens with two attached hydrogens (primary N) is 1. The van der Waals surface area contributed by atoms with Gasteiger partial charge in [0.2, 0.25) is 11.8 Å². The van der Waals surface area contributed by atoms with Crippen LogP contribution in [0.3, 0.4) is 0 Å². The summed E-state index contributed by atoms with van der Waals surface area (Å²) >= 11 is 0. The number of fused-ring (bicyclic) bond motifs is 1. The second-order valence-corrected chi connectivity index (χ2v) is 5.95. The SMILES string of the molecule is NCC(=O)NCC(=O)NC1c2ccccc2CC1c1ccccc1. The molecule has 0 saturated carbocycles. The van der Waals surface area contributed by atoms with E-state index in [-0.39, 0.29) is 36.9 Å². The van der Waals surface area contributed by atoms with E-state index in [9.17, 15) is 9.59 Å². The van der Waals surface area contributed by atoms with Gasteiger partial charge >= 0.3 is 0 Å². The molecule has 2 amide bonds. The summed E-state index contributed by atoms with van der Waals surface area (Å²) in [5.74, 6) is -0.353. The van der Waals surface area contributed by atoms with Gasteiger partial charge in [-0.25, -0.2) is 0 Å². The Morgan fingerprint density at radius 3 is 2.46 bits per heavy atom. The van der Waals surface area contributed by atoms with E-state index in [4.69, 9.17) is 5.73 Å². The van der Waals surface area contributed by atoms with Gasteiger partial charge < -0.3 is 16.4 Å². The minimum Gasteiger partial charge on any atom is -0.347 e. The van der Waals surface area contributed by atoms with E-state index in [0.29, 0.717) is 0 Å². The van der Waals surface area contributed by atoms with E-state index >= 15 is 0 Å². The number of hydrogen-bond donors (Lipinski definition) is 3. The fraction of sp³-hybridized carbons (Fsp3) is 0.263. The Bertz CT molecular complexity index is 730. The van der Waals surface area contributed by atoms with Crippen molar-refractivity contribution < 1.29 is 9.59 Å². The van der Waals surface area contributed by atoms with E-state index in [0.717, 1.165) is 12.0 Å². The summed E-state index contributed by atoms with van der Waals surface area (Å²) in [6.45, 7) is -0.178. The topological polar surface area (TPSA) is 84.2 Å². The molecule has 5 nitrogen and oxygen atoms in total. The molecule has 0 heterocycles. The molecule has 2 aromatic rings. The second-order valence-electron chi connectivity index (χ2n) is 5.95. The third kappa shape index (κ3) is 3.46. The first-order valence-electron chi connectivity index (χ1n) is 8.08. The zero-order valence-electron chi connectivity index (χ0n) is 13.4. The first kappa shape index (κ1) is 16.2. The van der Waals surface area contributed by atoms with E-state index in [1.165, 1.54) is 11.1 Å². The van der Waals surface area contributed by atoms with E-state index in [1.807, 2.05) is 30.3 Å². The van der Waals surface area contributed by atoms with Gasteiger partial charge in [0, 0.05) is 5.92 Å². The van der Waals surface area contributed by atoms with Crippen LogP contribution in [0.5, 0.6) is 0 Å². The Morgan fingerprint density at radius 2 is 1.71 bits per heavy atom.